The molecule has 0 spiro atoms. The molecule has 0 aliphatic heterocycles. The Morgan fingerprint density at radius 1 is 1.33 bits per heavy atom. The van der Waals surface area contributed by atoms with E-state index in [0.29, 0.717) is 18.3 Å². The van der Waals surface area contributed by atoms with Gasteiger partial charge in [-0.3, -0.25) is 9.78 Å². The number of nitrogens with one attached hydrogen (secondary N) is 2. The molecule has 1 amide bonds. The van der Waals surface area contributed by atoms with Gasteiger partial charge in [0.05, 0.1) is 13.1 Å². The molecule has 1 aliphatic carbocycles. The number of aromatic nitrogens is 3. The highest BCUT2D eigenvalue weighted by Crippen LogP contribution is 2.27. The Kier molecular flexibility index (Phi) is 4.20. The van der Waals surface area contributed by atoms with Crippen LogP contribution in [-0.4, -0.2) is 34.1 Å². The molecule has 110 valence electrons. The van der Waals surface area contributed by atoms with Crippen LogP contribution in [0.3, 0.4) is 0 Å². The zero-order valence-corrected chi connectivity index (χ0v) is 11.6. The van der Waals surface area contributed by atoms with Crippen molar-refractivity contribution in [3.8, 4) is 11.4 Å². The number of rotatable bonds is 7. The molecule has 0 radical (unpaired) electrons. The van der Waals surface area contributed by atoms with E-state index in [0.717, 1.165) is 18.0 Å². The highest BCUT2D eigenvalue weighted by molar-refractivity contribution is 5.77. The lowest BCUT2D eigenvalue weighted by molar-refractivity contribution is -0.120. The van der Waals surface area contributed by atoms with Gasteiger partial charge < -0.3 is 15.2 Å². The van der Waals surface area contributed by atoms with Crippen LogP contribution in [0.1, 0.15) is 18.7 Å². The van der Waals surface area contributed by atoms with Gasteiger partial charge in [-0.2, -0.15) is 4.98 Å². The minimum absolute atomic E-state index is 0.0701. The minimum Gasteiger partial charge on any atom is -0.346 e. The van der Waals surface area contributed by atoms with Gasteiger partial charge in [-0.25, -0.2) is 0 Å². The summed E-state index contributed by atoms with van der Waals surface area (Å²) in [5, 5.41) is 9.75. The highest BCUT2D eigenvalue weighted by Gasteiger charge is 2.20. The second-order valence-electron chi connectivity index (χ2n) is 5.10. The van der Waals surface area contributed by atoms with Crippen molar-refractivity contribution < 1.29 is 9.32 Å². The van der Waals surface area contributed by atoms with Crippen LogP contribution in [0.25, 0.3) is 11.4 Å². The van der Waals surface area contributed by atoms with Crippen LogP contribution < -0.4 is 10.6 Å². The van der Waals surface area contributed by atoms with Crippen molar-refractivity contribution in [2.75, 3.05) is 13.1 Å². The van der Waals surface area contributed by atoms with E-state index in [1.54, 1.807) is 24.5 Å². The molecule has 1 saturated carbocycles. The van der Waals surface area contributed by atoms with E-state index in [9.17, 15) is 4.79 Å². The fourth-order valence-corrected chi connectivity index (χ4v) is 1.89. The van der Waals surface area contributed by atoms with Crippen LogP contribution in [0.5, 0.6) is 0 Å². The fourth-order valence-electron chi connectivity index (χ4n) is 1.89. The number of carbonyl (C=O) groups excluding carboxylic acids is 1. The third-order valence-corrected chi connectivity index (χ3v) is 3.26. The second-order valence-corrected chi connectivity index (χ2v) is 5.10. The highest BCUT2D eigenvalue weighted by atomic mass is 16.5. The van der Waals surface area contributed by atoms with E-state index in [4.69, 9.17) is 4.52 Å². The first kappa shape index (κ1) is 13.7. The molecule has 2 aromatic rings. The van der Waals surface area contributed by atoms with Gasteiger partial charge in [0.2, 0.25) is 17.6 Å². The van der Waals surface area contributed by atoms with Crippen LogP contribution in [0.2, 0.25) is 0 Å². The predicted octanol–water partition coefficient (Wildman–Crippen LogP) is 0.747. The maximum atomic E-state index is 11.6. The monoisotopic (exact) mass is 287 g/mol. The van der Waals surface area contributed by atoms with E-state index in [-0.39, 0.29) is 12.5 Å². The van der Waals surface area contributed by atoms with Gasteiger partial charge in [-0.1, -0.05) is 5.16 Å². The van der Waals surface area contributed by atoms with Crippen LogP contribution in [0.15, 0.2) is 29.0 Å². The first-order valence-electron chi connectivity index (χ1n) is 7.01. The number of hydrogen-bond donors (Lipinski definition) is 2. The van der Waals surface area contributed by atoms with Crippen LogP contribution >= 0.6 is 0 Å². The molecule has 7 nitrogen and oxygen atoms in total. The zero-order chi connectivity index (χ0) is 14.5. The SMILES string of the molecule is O=C(CNCC1CC1)NCc1nc(-c2ccncc2)no1. The number of nitrogens with zero attached hydrogens (tertiary/aromatic N) is 3. The normalized spacial score (nSPS) is 14.1. The Morgan fingerprint density at radius 2 is 2.14 bits per heavy atom. The molecular weight excluding hydrogens is 270 g/mol. The topological polar surface area (TPSA) is 92.9 Å². The minimum atomic E-state index is -0.0701. The Morgan fingerprint density at radius 3 is 2.90 bits per heavy atom. The molecule has 2 N–H and O–H groups in total. The Labute approximate surface area is 122 Å². The maximum absolute atomic E-state index is 11.6. The van der Waals surface area contributed by atoms with Gasteiger partial charge in [0.15, 0.2) is 0 Å². The van der Waals surface area contributed by atoms with Crippen molar-refractivity contribution in [3.63, 3.8) is 0 Å². The van der Waals surface area contributed by atoms with Crippen molar-refractivity contribution in [2.45, 2.75) is 19.4 Å². The summed E-state index contributed by atoms with van der Waals surface area (Å²) < 4.78 is 5.11. The fraction of sp³-hybridized carbons (Fsp3) is 0.429. The van der Waals surface area contributed by atoms with Crippen LogP contribution in [0.4, 0.5) is 0 Å². The quantitative estimate of drug-likeness (QED) is 0.780. The first-order chi connectivity index (χ1) is 10.3. The van der Waals surface area contributed by atoms with E-state index in [2.05, 4.69) is 25.8 Å². The van der Waals surface area contributed by atoms with Crippen LogP contribution in [-0.2, 0) is 11.3 Å². The van der Waals surface area contributed by atoms with Gasteiger partial charge in [-0.05, 0) is 37.4 Å². The lowest BCUT2D eigenvalue weighted by Crippen LogP contribution is -2.34. The van der Waals surface area contributed by atoms with Crippen molar-refractivity contribution >= 4 is 5.91 Å². The molecule has 21 heavy (non-hydrogen) atoms. The molecular formula is C14H17N5O2. The van der Waals surface area contributed by atoms with Crippen molar-refractivity contribution in [1.29, 1.82) is 0 Å². The third-order valence-electron chi connectivity index (χ3n) is 3.26. The number of hydrogen-bond acceptors (Lipinski definition) is 6. The molecule has 0 saturated heterocycles. The third kappa shape index (κ3) is 4.09. The van der Waals surface area contributed by atoms with Gasteiger partial charge in [-0.15, -0.1) is 0 Å². The summed E-state index contributed by atoms with van der Waals surface area (Å²) in [7, 11) is 0. The summed E-state index contributed by atoms with van der Waals surface area (Å²) in [6.07, 6.45) is 5.88. The Balaban J connectivity index is 1.44. The van der Waals surface area contributed by atoms with E-state index >= 15 is 0 Å². The van der Waals surface area contributed by atoms with E-state index in [1.807, 2.05) is 0 Å². The van der Waals surface area contributed by atoms with E-state index in [1.165, 1.54) is 12.8 Å². The summed E-state index contributed by atoms with van der Waals surface area (Å²) >= 11 is 0. The van der Waals surface area contributed by atoms with E-state index < -0.39 is 0 Å². The van der Waals surface area contributed by atoms with Gasteiger partial charge in [0.25, 0.3) is 0 Å². The molecule has 0 aromatic carbocycles. The van der Waals surface area contributed by atoms with Gasteiger partial charge in [0.1, 0.15) is 0 Å². The standard InChI is InChI=1S/C14H17N5O2/c20-12(8-16-7-10-1-2-10)17-9-13-18-14(19-21-13)11-3-5-15-6-4-11/h3-6,10,16H,1-2,7-9H2,(H,17,20). The molecule has 1 aliphatic rings. The largest absolute Gasteiger partial charge is 0.346 e. The molecule has 0 bridgehead atoms. The zero-order valence-electron chi connectivity index (χ0n) is 11.6. The summed E-state index contributed by atoms with van der Waals surface area (Å²) in [6.45, 7) is 1.48. The van der Waals surface area contributed by atoms with Crippen molar-refractivity contribution in [3.05, 3.63) is 30.4 Å². The molecule has 2 heterocycles. The number of pyridine rings is 1. The smallest absolute Gasteiger partial charge is 0.246 e. The average molecular weight is 287 g/mol. The second kappa shape index (κ2) is 6.45. The first-order valence-corrected chi connectivity index (χ1v) is 7.01. The molecule has 3 rings (SSSR count). The molecule has 2 aromatic heterocycles. The number of amides is 1. The summed E-state index contributed by atoms with van der Waals surface area (Å²) in [6, 6.07) is 3.60. The molecule has 0 atom stereocenters. The average Bonchev–Trinajstić information content (AvgIpc) is 3.21. The van der Waals surface area contributed by atoms with Gasteiger partial charge in [0, 0.05) is 18.0 Å². The maximum Gasteiger partial charge on any atom is 0.246 e. The summed E-state index contributed by atoms with van der Waals surface area (Å²) in [5.41, 5.74) is 0.831. The molecule has 1 fully saturated rings. The van der Waals surface area contributed by atoms with Crippen LogP contribution in [0, 0.1) is 5.92 Å². The van der Waals surface area contributed by atoms with Gasteiger partial charge >= 0.3 is 0 Å². The summed E-state index contributed by atoms with van der Waals surface area (Å²) in [4.78, 5) is 19.8. The lowest BCUT2D eigenvalue weighted by atomic mass is 10.2. The number of carbonyl (C=O) groups is 1. The predicted molar refractivity (Wildman–Crippen MR) is 75.0 cm³/mol. The lowest BCUT2D eigenvalue weighted by Gasteiger charge is -2.03. The van der Waals surface area contributed by atoms with Crippen molar-refractivity contribution in [2.24, 2.45) is 5.92 Å². The summed E-state index contributed by atoms with van der Waals surface area (Å²) in [5.74, 6) is 1.57. The molecule has 0 unspecified atom stereocenters. The Bertz CT molecular complexity index is 594. The Hall–Kier alpha value is -2.28. The van der Waals surface area contributed by atoms with Crippen molar-refractivity contribution in [1.82, 2.24) is 25.8 Å². The molecule has 7 heteroatoms.